The van der Waals surface area contributed by atoms with Crippen LogP contribution in [0.1, 0.15) is 20.3 Å². The van der Waals surface area contributed by atoms with Crippen LogP contribution >= 0.6 is 0 Å². The molecule has 58 valence electrons. The maximum Gasteiger partial charge on any atom is 0.248 e. The van der Waals surface area contributed by atoms with Gasteiger partial charge in [-0.3, -0.25) is 4.79 Å². The first-order valence-electron chi connectivity index (χ1n) is 3.48. The number of rotatable bonds is 2. The van der Waals surface area contributed by atoms with E-state index < -0.39 is 0 Å². The van der Waals surface area contributed by atoms with Crippen molar-refractivity contribution in [2.24, 2.45) is 0 Å². The molecule has 2 nitrogen and oxygen atoms in total. The molecule has 0 rings (SSSR count). The first-order chi connectivity index (χ1) is 4.59. The predicted molar refractivity (Wildman–Crippen MR) is 42.7 cm³/mol. The summed E-state index contributed by atoms with van der Waals surface area (Å²) in [5.41, 5.74) is 0.826. The van der Waals surface area contributed by atoms with Crippen molar-refractivity contribution in [3.8, 4) is 0 Å². The summed E-state index contributed by atoms with van der Waals surface area (Å²) in [4.78, 5) is 12.7. The van der Waals surface area contributed by atoms with Crippen LogP contribution in [-0.4, -0.2) is 24.9 Å². The van der Waals surface area contributed by atoms with Gasteiger partial charge in [0.1, 0.15) is 0 Å². The van der Waals surface area contributed by atoms with Crippen molar-refractivity contribution >= 4 is 5.91 Å². The maximum atomic E-state index is 11.1. The lowest BCUT2D eigenvalue weighted by Crippen LogP contribution is -2.22. The van der Waals surface area contributed by atoms with Gasteiger partial charge in [-0.05, 0) is 13.3 Å². The summed E-state index contributed by atoms with van der Waals surface area (Å²) in [6, 6.07) is 0. The van der Waals surface area contributed by atoms with Gasteiger partial charge in [-0.15, -0.1) is 0 Å². The Morgan fingerprint density at radius 1 is 1.50 bits per heavy atom. The van der Waals surface area contributed by atoms with E-state index in [-0.39, 0.29) is 5.91 Å². The molecule has 0 aliphatic rings. The average molecular weight is 141 g/mol. The molecule has 10 heavy (non-hydrogen) atoms. The van der Waals surface area contributed by atoms with Crippen molar-refractivity contribution in [2.75, 3.05) is 14.1 Å². The highest BCUT2D eigenvalue weighted by atomic mass is 16.2. The van der Waals surface area contributed by atoms with Gasteiger partial charge >= 0.3 is 0 Å². The predicted octanol–water partition coefficient (Wildman–Crippen LogP) is 1.43. The van der Waals surface area contributed by atoms with E-state index in [1.807, 2.05) is 19.9 Å². The van der Waals surface area contributed by atoms with Crippen molar-refractivity contribution in [1.82, 2.24) is 4.90 Å². The van der Waals surface area contributed by atoms with Crippen LogP contribution in [0.25, 0.3) is 0 Å². The summed E-state index contributed by atoms with van der Waals surface area (Å²) >= 11 is 0. The van der Waals surface area contributed by atoms with E-state index in [4.69, 9.17) is 0 Å². The molecule has 0 N–H and O–H groups in total. The number of amides is 1. The van der Waals surface area contributed by atoms with Crippen molar-refractivity contribution in [3.63, 3.8) is 0 Å². The van der Waals surface area contributed by atoms with Gasteiger partial charge in [-0.2, -0.15) is 0 Å². The van der Waals surface area contributed by atoms with Gasteiger partial charge in [-0.25, -0.2) is 0 Å². The van der Waals surface area contributed by atoms with Gasteiger partial charge < -0.3 is 4.90 Å². The smallest absolute Gasteiger partial charge is 0.248 e. The molecule has 0 saturated heterocycles. The van der Waals surface area contributed by atoms with E-state index in [2.05, 4.69) is 0 Å². The number of carbonyl (C=O) groups excluding carboxylic acids is 1. The summed E-state index contributed by atoms with van der Waals surface area (Å²) in [5.74, 6) is 0.0989. The number of likely N-dealkylation sites (N-methyl/N-ethyl adjacent to an activating group) is 1. The number of nitrogens with zero attached hydrogens (tertiary/aromatic N) is 1. The van der Waals surface area contributed by atoms with Gasteiger partial charge in [0.25, 0.3) is 0 Å². The molecule has 2 heteroatoms. The number of hydrogen-bond acceptors (Lipinski definition) is 1. The Kier molecular flexibility index (Phi) is 3.77. The quantitative estimate of drug-likeness (QED) is 0.533. The largest absolute Gasteiger partial charge is 0.345 e. The molecule has 0 unspecified atom stereocenters. The third kappa shape index (κ3) is 2.67. The Labute approximate surface area is 62.5 Å². The van der Waals surface area contributed by atoms with Crippen molar-refractivity contribution in [1.29, 1.82) is 0 Å². The lowest BCUT2D eigenvalue weighted by atomic mass is 10.2. The molecule has 0 aromatic heterocycles. The third-order valence-corrected chi connectivity index (χ3v) is 1.25. The summed E-state index contributed by atoms with van der Waals surface area (Å²) in [6.07, 6.45) is 2.85. The Morgan fingerprint density at radius 2 is 2.00 bits per heavy atom. The van der Waals surface area contributed by atoms with Crippen LogP contribution in [0.4, 0.5) is 0 Å². The first kappa shape index (κ1) is 9.21. The van der Waals surface area contributed by atoms with E-state index >= 15 is 0 Å². The summed E-state index contributed by atoms with van der Waals surface area (Å²) in [5, 5.41) is 0. The third-order valence-electron chi connectivity index (χ3n) is 1.25. The molecule has 0 fully saturated rings. The Hall–Kier alpha value is -0.790. The van der Waals surface area contributed by atoms with Crippen LogP contribution in [0, 0.1) is 0 Å². The molecule has 0 bridgehead atoms. The number of allylic oxidation sites excluding steroid dienone is 1. The number of hydrogen-bond donors (Lipinski definition) is 0. The van der Waals surface area contributed by atoms with E-state index in [9.17, 15) is 4.79 Å². The van der Waals surface area contributed by atoms with Crippen LogP contribution in [0.15, 0.2) is 11.6 Å². The second-order valence-electron chi connectivity index (χ2n) is 2.49. The highest BCUT2D eigenvalue weighted by Gasteiger charge is 2.03. The van der Waals surface area contributed by atoms with Crippen LogP contribution < -0.4 is 0 Å². The highest BCUT2D eigenvalue weighted by Crippen LogP contribution is 1.97. The molecule has 0 aromatic carbocycles. The standard InChI is InChI=1S/C8H15NO/c1-5-6-7(2)8(10)9(3)4/h6H,5H2,1-4H3/b7-6+. The van der Waals surface area contributed by atoms with Gasteiger partial charge in [0.05, 0.1) is 0 Å². The molecule has 0 radical (unpaired) electrons. The zero-order valence-corrected chi connectivity index (χ0v) is 7.14. The topological polar surface area (TPSA) is 20.3 Å². The normalized spacial score (nSPS) is 11.4. The fourth-order valence-corrected chi connectivity index (χ4v) is 0.746. The summed E-state index contributed by atoms with van der Waals surface area (Å²) < 4.78 is 0. The van der Waals surface area contributed by atoms with Crippen LogP contribution in [-0.2, 0) is 4.79 Å². The monoisotopic (exact) mass is 141 g/mol. The second kappa shape index (κ2) is 4.09. The minimum Gasteiger partial charge on any atom is -0.345 e. The molecule has 0 spiro atoms. The average Bonchev–Trinajstić information content (AvgIpc) is 1.87. The second-order valence-corrected chi connectivity index (χ2v) is 2.49. The van der Waals surface area contributed by atoms with Crippen molar-refractivity contribution in [3.05, 3.63) is 11.6 Å². The minimum absolute atomic E-state index is 0.0989. The molecule has 0 saturated carbocycles. The fraction of sp³-hybridized carbons (Fsp3) is 0.625. The number of carbonyl (C=O) groups is 1. The molecular formula is C8H15NO. The van der Waals surface area contributed by atoms with Gasteiger partial charge in [0, 0.05) is 19.7 Å². The zero-order chi connectivity index (χ0) is 8.15. The molecule has 0 aliphatic heterocycles. The zero-order valence-electron chi connectivity index (χ0n) is 7.14. The van der Waals surface area contributed by atoms with E-state index in [1.165, 1.54) is 0 Å². The molecule has 0 aromatic rings. The molecule has 0 heterocycles. The summed E-state index contributed by atoms with van der Waals surface area (Å²) in [6.45, 7) is 3.86. The van der Waals surface area contributed by atoms with Crippen molar-refractivity contribution < 1.29 is 4.79 Å². The Morgan fingerprint density at radius 3 is 2.30 bits per heavy atom. The Bertz CT molecular complexity index is 147. The molecular weight excluding hydrogens is 126 g/mol. The van der Waals surface area contributed by atoms with Crippen LogP contribution in [0.2, 0.25) is 0 Å². The SMILES string of the molecule is CC/C=C(\C)C(=O)N(C)C. The molecule has 1 amide bonds. The van der Waals surface area contributed by atoms with Gasteiger partial charge in [0.2, 0.25) is 5.91 Å². The molecule has 0 atom stereocenters. The lowest BCUT2D eigenvalue weighted by Gasteiger charge is -2.09. The van der Waals surface area contributed by atoms with Crippen LogP contribution in [0.3, 0.4) is 0 Å². The minimum atomic E-state index is 0.0989. The molecule has 0 aliphatic carbocycles. The van der Waals surface area contributed by atoms with Crippen molar-refractivity contribution in [2.45, 2.75) is 20.3 Å². The first-order valence-corrected chi connectivity index (χ1v) is 3.48. The summed E-state index contributed by atoms with van der Waals surface area (Å²) in [7, 11) is 3.52. The lowest BCUT2D eigenvalue weighted by molar-refractivity contribution is -0.124. The van der Waals surface area contributed by atoms with E-state index in [0.717, 1.165) is 12.0 Å². The van der Waals surface area contributed by atoms with Crippen LogP contribution in [0.5, 0.6) is 0 Å². The fourth-order valence-electron chi connectivity index (χ4n) is 0.746. The Balaban J connectivity index is 4.08. The van der Waals surface area contributed by atoms with Gasteiger partial charge in [-0.1, -0.05) is 13.0 Å². The van der Waals surface area contributed by atoms with E-state index in [0.29, 0.717) is 0 Å². The highest BCUT2D eigenvalue weighted by molar-refractivity contribution is 5.92. The van der Waals surface area contributed by atoms with Gasteiger partial charge in [0.15, 0.2) is 0 Å². The van der Waals surface area contributed by atoms with E-state index in [1.54, 1.807) is 19.0 Å². The maximum absolute atomic E-state index is 11.1.